The van der Waals surface area contributed by atoms with Gasteiger partial charge in [-0.15, -0.1) is 5.10 Å². The number of nitrogens with zero attached hydrogens (tertiary/aromatic N) is 3. The van der Waals surface area contributed by atoms with E-state index in [0.717, 1.165) is 10.2 Å². The van der Waals surface area contributed by atoms with Gasteiger partial charge in [0.2, 0.25) is 0 Å². The molecule has 0 saturated carbocycles. The van der Waals surface area contributed by atoms with Crippen LogP contribution in [-0.4, -0.2) is 27.7 Å². The topological polar surface area (TPSA) is 56.5 Å². The summed E-state index contributed by atoms with van der Waals surface area (Å²) in [5.74, 6) is -0.465. The van der Waals surface area contributed by atoms with Gasteiger partial charge < -0.3 is 4.74 Å². The highest BCUT2D eigenvalue weighted by Crippen LogP contribution is 2.16. The van der Waals surface area contributed by atoms with Gasteiger partial charge in [-0.3, -0.25) is 0 Å². The smallest absolute Gasteiger partial charge is 0.377 e. The van der Waals surface area contributed by atoms with Crippen LogP contribution in [0.2, 0.25) is 0 Å². The standard InChI is InChI=1S/C9H8BrN3O2/c1-5-6(10)3-4-7-11-8(9(14)15-2)12-13(5)7/h3-4H,1-2H3. The SMILES string of the molecule is COC(=O)c1nc2ccc(Br)c(C)n2n1. The number of carbonyl (C=O) groups excluding carboxylic acids is 1. The molecular weight excluding hydrogens is 262 g/mol. The molecule has 0 aliphatic carbocycles. The van der Waals surface area contributed by atoms with Crippen LogP contribution in [0, 0.1) is 6.92 Å². The molecule has 2 heterocycles. The average Bonchev–Trinajstić information content (AvgIpc) is 2.67. The quantitative estimate of drug-likeness (QED) is 0.738. The van der Waals surface area contributed by atoms with E-state index in [0.29, 0.717) is 5.65 Å². The van der Waals surface area contributed by atoms with E-state index in [-0.39, 0.29) is 5.82 Å². The van der Waals surface area contributed by atoms with Crippen molar-refractivity contribution >= 4 is 27.5 Å². The Morgan fingerprint density at radius 3 is 2.93 bits per heavy atom. The third-order valence-electron chi connectivity index (χ3n) is 2.04. The summed E-state index contributed by atoms with van der Waals surface area (Å²) < 4.78 is 7.05. The fourth-order valence-electron chi connectivity index (χ4n) is 1.23. The first-order valence-corrected chi connectivity index (χ1v) is 5.03. The maximum absolute atomic E-state index is 11.2. The lowest BCUT2D eigenvalue weighted by atomic mass is 10.4. The molecule has 0 unspecified atom stereocenters. The molecule has 0 spiro atoms. The van der Waals surface area contributed by atoms with Gasteiger partial charge in [-0.25, -0.2) is 14.3 Å². The molecule has 15 heavy (non-hydrogen) atoms. The van der Waals surface area contributed by atoms with Crippen LogP contribution in [0.4, 0.5) is 0 Å². The normalized spacial score (nSPS) is 10.6. The van der Waals surface area contributed by atoms with Crippen molar-refractivity contribution in [1.29, 1.82) is 0 Å². The maximum atomic E-state index is 11.2. The third-order valence-corrected chi connectivity index (χ3v) is 2.88. The van der Waals surface area contributed by atoms with Crippen LogP contribution in [0.15, 0.2) is 16.6 Å². The first kappa shape index (κ1) is 10.1. The highest BCUT2D eigenvalue weighted by Gasteiger charge is 2.14. The second kappa shape index (κ2) is 3.62. The van der Waals surface area contributed by atoms with E-state index in [2.05, 4.69) is 30.7 Å². The van der Waals surface area contributed by atoms with E-state index >= 15 is 0 Å². The van der Waals surface area contributed by atoms with Crippen molar-refractivity contribution < 1.29 is 9.53 Å². The highest BCUT2D eigenvalue weighted by molar-refractivity contribution is 9.10. The largest absolute Gasteiger partial charge is 0.463 e. The summed E-state index contributed by atoms with van der Waals surface area (Å²) in [6.45, 7) is 1.88. The number of methoxy groups -OCH3 is 1. The average molecular weight is 270 g/mol. The van der Waals surface area contributed by atoms with Gasteiger partial charge in [0.1, 0.15) is 0 Å². The van der Waals surface area contributed by atoms with E-state index in [1.54, 1.807) is 10.6 Å². The monoisotopic (exact) mass is 269 g/mol. The van der Waals surface area contributed by atoms with Gasteiger partial charge in [-0.05, 0) is 35.0 Å². The first-order chi connectivity index (χ1) is 7.13. The zero-order valence-corrected chi connectivity index (χ0v) is 9.78. The molecular formula is C9H8BrN3O2. The van der Waals surface area contributed by atoms with Crippen LogP contribution >= 0.6 is 15.9 Å². The van der Waals surface area contributed by atoms with Crippen LogP contribution in [0.1, 0.15) is 16.3 Å². The molecule has 2 aromatic rings. The van der Waals surface area contributed by atoms with Gasteiger partial charge in [0.15, 0.2) is 5.65 Å². The Labute approximate surface area is 94.2 Å². The zero-order chi connectivity index (χ0) is 11.0. The minimum absolute atomic E-state index is 0.0682. The van der Waals surface area contributed by atoms with Crippen molar-refractivity contribution in [3.63, 3.8) is 0 Å². The predicted molar refractivity (Wildman–Crippen MR) is 56.8 cm³/mol. The van der Waals surface area contributed by atoms with Crippen LogP contribution in [0.3, 0.4) is 0 Å². The molecule has 0 N–H and O–H groups in total. The number of aromatic nitrogens is 3. The van der Waals surface area contributed by atoms with E-state index in [4.69, 9.17) is 0 Å². The number of hydrogen-bond donors (Lipinski definition) is 0. The Morgan fingerprint density at radius 2 is 2.27 bits per heavy atom. The van der Waals surface area contributed by atoms with Crippen molar-refractivity contribution in [1.82, 2.24) is 14.6 Å². The third kappa shape index (κ3) is 1.61. The number of rotatable bonds is 1. The van der Waals surface area contributed by atoms with Crippen molar-refractivity contribution in [2.75, 3.05) is 7.11 Å². The van der Waals surface area contributed by atoms with Crippen molar-refractivity contribution in [2.24, 2.45) is 0 Å². The van der Waals surface area contributed by atoms with Gasteiger partial charge in [0.25, 0.3) is 5.82 Å². The highest BCUT2D eigenvalue weighted by atomic mass is 79.9. The Bertz CT molecular complexity index is 535. The summed E-state index contributed by atoms with van der Waals surface area (Å²) in [5.41, 5.74) is 1.51. The Balaban J connectivity index is 2.66. The van der Waals surface area contributed by atoms with E-state index in [1.165, 1.54) is 7.11 Å². The van der Waals surface area contributed by atoms with Crippen molar-refractivity contribution in [2.45, 2.75) is 6.92 Å². The maximum Gasteiger partial charge on any atom is 0.377 e. The molecule has 5 nitrogen and oxygen atoms in total. The summed E-state index contributed by atoms with van der Waals surface area (Å²) >= 11 is 3.37. The molecule has 0 amide bonds. The van der Waals surface area contributed by atoms with E-state index in [1.807, 2.05) is 13.0 Å². The molecule has 0 saturated heterocycles. The Hall–Kier alpha value is -1.43. The van der Waals surface area contributed by atoms with Crippen LogP contribution in [0.5, 0.6) is 0 Å². The fourth-order valence-corrected chi connectivity index (χ4v) is 1.53. The van der Waals surface area contributed by atoms with Crippen LogP contribution in [-0.2, 0) is 4.74 Å². The second-order valence-electron chi connectivity index (χ2n) is 2.96. The molecule has 0 aliphatic rings. The lowest BCUT2D eigenvalue weighted by Crippen LogP contribution is -2.04. The molecule has 0 fully saturated rings. The Kier molecular flexibility index (Phi) is 2.44. The lowest BCUT2D eigenvalue weighted by molar-refractivity contribution is 0.0587. The number of esters is 1. The number of halogens is 1. The van der Waals surface area contributed by atoms with Gasteiger partial charge in [0.05, 0.1) is 12.8 Å². The summed E-state index contributed by atoms with van der Waals surface area (Å²) in [7, 11) is 1.30. The summed E-state index contributed by atoms with van der Waals surface area (Å²) in [4.78, 5) is 15.2. The lowest BCUT2D eigenvalue weighted by Gasteiger charge is -1.98. The summed E-state index contributed by atoms with van der Waals surface area (Å²) in [6.07, 6.45) is 0. The number of ether oxygens (including phenoxy) is 1. The van der Waals surface area contributed by atoms with E-state index in [9.17, 15) is 4.79 Å². The van der Waals surface area contributed by atoms with Crippen LogP contribution < -0.4 is 0 Å². The molecule has 0 radical (unpaired) electrons. The Morgan fingerprint density at radius 1 is 1.53 bits per heavy atom. The first-order valence-electron chi connectivity index (χ1n) is 4.23. The number of carbonyl (C=O) groups is 1. The number of hydrogen-bond acceptors (Lipinski definition) is 4. The van der Waals surface area contributed by atoms with Gasteiger partial charge in [0, 0.05) is 4.47 Å². The number of fused-ring (bicyclic) bond motifs is 1. The molecule has 0 aromatic carbocycles. The molecule has 2 aromatic heterocycles. The van der Waals surface area contributed by atoms with Gasteiger partial charge >= 0.3 is 5.97 Å². The van der Waals surface area contributed by atoms with Crippen molar-refractivity contribution in [3.05, 3.63) is 28.1 Å². The zero-order valence-electron chi connectivity index (χ0n) is 8.19. The fraction of sp³-hybridized carbons (Fsp3) is 0.222. The van der Waals surface area contributed by atoms with E-state index < -0.39 is 5.97 Å². The minimum atomic E-state index is -0.533. The molecule has 78 valence electrons. The second-order valence-corrected chi connectivity index (χ2v) is 3.82. The minimum Gasteiger partial charge on any atom is -0.463 e. The van der Waals surface area contributed by atoms with Gasteiger partial charge in [-0.1, -0.05) is 0 Å². The van der Waals surface area contributed by atoms with Crippen LogP contribution in [0.25, 0.3) is 5.65 Å². The number of aryl methyl sites for hydroxylation is 1. The molecule has 0 aliphatic heterocycles. The molecule has 0 atom stereocenters. The van der Waals surface area contributed by atoms with Crippen molar-refractivity contribution in [3.8, 4) is 0 Å². The number of pyridine rings is 1. The summed E-state index contributed by atoms with van der Waals surface area (Å²) in [6, 6.07) is 3.64. The molecule has 2 rings (SSSR count). The molecule has 6 heteroatoms. The summed E-state index contributed by atoms with van der Waals surface area (Å²) in [5, 5.41) is 4.04. The molecule has 0 bridgehead atoms. The predicted octanol–water partition coefficient (Wildman–Crippen LogP) is 1.59. The van der Waals surface area contributed by atoms with Gasteiger partial charge in [-0.2, -0.15) is 0 Å².